The summed E-state index contributed by atoms with van der Waals surface area (Å²) in [5.41, 5.74) is 2.45. The van der Waals surface area contributed by atoms with E-state index in [4.69, 9.17) is 11.6 Å². The Morgan fingerprint density at radius 1 is 1.10 bits per heavy atom. The first-order chi connectivity index (χ1) is 14.2. The van der Waals surface area contributed by atoms with Crippen LogP contribution in [-0.4, -0.2) is 30.2 Å². The second-order valence-corrected chi connectivity index (χ2v) is 9.46. The van der Waals surface area contributed by atoms with E-state index in [1.807, 2.05) is 18.2 Å². The Labute approximate surface area is 180 Å². The van der Waals surface area contributed by atoms with Crippen molar-refractivity contribution in [3.63, 3.8) is 0 Å². The summed E-state index contributed by atoms with van der Waals surface area (Å²) in [5, 5.41) is 13.7. The lowest BCUT2D eigenvalue weighted by atomic mass is 9.85. The van der Waals surface area contributed by atoms with E-state index in [0.29, 0.717) is 16.3 Å². The van der Waals surface area contributed by atoms with Crippen LogP contribution in [0.2, 0.25) is 5.02 Å². The Balaban J connectivity index is 2.07. The number of hydrogen-bond donors (Lipinski definition) is 1. The number of oxime groups is 1. The van der Waals surface area contributed by atoms with Crippen molar-refractivity contribution in [1.29, 1.82) is 0 Å². The van der Waals surface area contributed by atoms with E-state index in [9.17, 15) is 18.4 Å². The van der Waals surface area contributed by atoms with Gasteiger partial charge >= 0.3 is 0 Å². The average molecular weight is 445 g/mol. The molecule has 2 aromatic carbocycles. The van der Waals surface area contributed by atoms with Crippen LogP contribution in [0.4, 0.5) is 0 Å². The molecule has 0 aliphatic carbocycles. The van der Waals surface area contributed by atoms with Crippen molar-refractivity contribution in [2.45, 2.75) is 17.2 Å². The maximum absolute atomic E-state index is 11.8. The molecule has 0 spiro atoms. The topological polar surface area (TPSA) is 88.7 Å². The lowest BCUT2D eigenvalue weighted by Gasteiger charge is -2.20. The van der Waals surface area contributed by atoms with Crippen molar-refractivity contribution < 1.29 is 13.6 Å². The molecule has 8 heteroatoms. The number of aryl methyl sites for hydroxylation is 1. The lowest BCUT2D eigenvalue weighted by Crippen LogP contribution is -2.18. The first kappa shape index (κ1) is 21.8. The van der Waals surface area contributed by atoms with Crippen molar-refractivity contribution in [3.05, 3.63) is 98.9 Å². The number of benzene rings is 2. The normalized spacial score (nSPS) is 13.2. The van der Waals surface area contributed by atoms with Crippen molar-refractivity contribution >= 4 is 27.1 Å². The monoisotopic (exact) mass is 444 g/mol. The number of pyridine rings is 1. The molecule has 1 N–H and O–H groups in total. The molecule has 0 aliphatic heterocycles. The fourth-order valence-electron chi connectivity index (χ4n) is 3.29. The first-order valence-corrected chi connectivity index (χ1v) is 11.4. The summed E-state index contributed by atoms with van der Waals surface area (Å²) in [6.45, 7) is 0. The number of sulfone groups is 1. The molecule has 3 aromatic rings. The standard InChI is InChI=1S/C22H21ClN2O4S/c1-25-14-16(9-12-22(25)26)21(24-27)13-19(18-5-3-4-6-20(18)23)15-7-10-17(11-8-15)30(2,28)29/h3-12,14,19,27H,13H2,1-2H3/b24-21+. The third-order valence-corrected chi connectivity index (χ3v) is 6.40. The lowest BCUT2D eigenvalue weighted by molar-refractivity contribution is 0.317. The number of rotatable bonds is 6. The van der Waals surface area contributed by atoms with Crippen molar-refractivity contribution in [2.24, 2.45) is 12.2 Å². The maximum Gasteiger partial charge on any atom is 0.250 e. The molecular weight excluding hydrogens is 424 g/mol. The zero-order chi connectivity index (χ0) is 21.9. The number of aromatic nitrogens is 1. The van der Waals surface area contributed by atoms with E-state index < -0.39 is 9.84 Å². The largest absolute Gasteiger partial charge is 0.411 e. The molecule has 1 heterocycles. The van der Waals surface area contributed by atoms with Gasteiger partial charge in [-0.05, 0) is 35.4 Å². The number of nitrogens with zero attached hydrogens (tertiary/aromatic N) is 2. The first-order valence-electron chi connectivity index (χ1n) is 9.13. The smallest absolute Gasteiger partial charge is 0.250 e. The summed E-state index contributed by atoms with van der Waals surface area (Å²) in [4.78, 5) is 11.9. The zero-order valence-electron chi connectivity index (χ0n) is 16.5. The molecule has 0 saturated carbocycles. The van der Waals surface area contributed by atoms with Crippen LogP contribution >= 0.6 is 11.6 Å². The molecule has 0 saturated heterocycles. The Kier molecular flexibility index (Phi) is 6.43. The van der Waals surface area contributed by atoms with Crippen LogP contribution in [-0.2, 0) is 16.9 Å². The van der Waals surface area contributed by atoms with Gasteiger partial charge in [0.25, 0.3) is 0 Å². The SMILES string of the molecule is Cn1cc(/C(CC(c2ccc(S(C)(=O)=O)cc2)c2ccccc2Cl)=N/O)ccc1=O. The van der Waals surface area contributed by atoms with E-state index in [1.54, 1.807) is 49.6 Å². The Morgan fingerprint density at radius 2 is 1.77 bits per heavy atom. The predicted molar refractivity (Wildman–Crippen MR) is 117 cm³/mol. The summed E-state index contributed by atoms with van der Waals surface area (Å²) in [6.07, 6.45) is 3.05. The third kappa shape index (κ3) is 4.80. The highest BCUT2D eigenvalue weighted by Gasteiger charge is 2.22. The van der Waals surface area contributed by atoms with Gasteiger partial charge < -0.3 is 9.77 Å². The van der Waals surface area contributed by atoms with Gasteiger partial charge in [0.05, 0.1) is 10.6 Å². The van der Waals surface area contributed by atoms with E-state index in [2.05, 4.69) is 5.16 Å². The maximum atomic E-state index is 11.8. The highest BCUT2D eigenvalue weighted by Crippen LogP contribution is 2.34. The van der Waals surface area contributed by atoms with E-state index in [-0.39, 0.29) is 22.8 Å². The molecule has 30 heavy (non-hydrogen) atoms. The molecular formula is C22H21ClN2O4S. The fourth-order valence-corrected chi connectivity index (χ4v) is 4.18. The highest BCUT2D eigenvalue weighted by atomic mass is 35.5. The van der Waals surface area contributed by atoms with Crippen LogP contribution in [0.3, 0.4) is 0 Å². The van der Waals surface area contributed by atoms with Crippen LogP contribution < -0.4 is 5.56 Å². The minimum absolute atomic E-state index is 0.171. The molecule has 0 aliphatic rings. The molecule has 0 amide bonds. The fraction of sp³-hybridized carbons (Fsp3) is 0.182. The van der Waals surface area contributed by atoms with E-state index >= 15 is 0 Å². The third-order valence-electron chi connectivity index (χ3n) is 4.93. The zero-order valence-corrected chi connectivity index (χ0v) is 18.1. The Bertz CT molecular complexity index is 1250. The van der Waals surface area contributed by atoms with E-state index in [1.165, 1.54) is 10.6 Å². The molecule has 1 atom stereocenters. The van der Waals surface area contributed by atoms with Gasteiger partial charge in [0.15, 0.2) is 9.84 Å². The van der Waals surface area contributed by atoms with E-state index in [0.717, 1.165) is 17.4 Å². The average Bonchev–Trinajstić information content (AvgIpc) is 2.71. The quantitative estimate of drug-likeness (QED) is 0.355. The van der Waals surface area contributed by atoms with Gasteiger partial charge in [0.1, 0.15) is 0 Å². The van der Waals surface area contributed by atoms with Crippen LogP contribution in [0, 0.1) is 0 Å². The van der Waals surface area contributed by atoms with Gasteiger partial charge in [-0.3, -0.25) is 4.79 Å². The van der Waals surface area contributed by atoms with Gasteiger partial charge in [0, 0.05) is 48.5 Å². The summed E-state index contributed by atoms with van der Waals surface area (Å²) in [5.74, 6) is -0.296. The molecule has 156 valence electrons. The van der Waals surface area contributed by atoms with Crippen molar-refractivity contribution in [1.82, 2.24) is 4.57 Å². The minimum Gasteiger partial charge on any atom is -0.411 e. The van der Waals surface area contributed by atoms with Crippen molar-refractivity contribution in [3.8, 4) is 0 Å². The predicted octanol–water partition coefficient (Wildman–Crippen LogP) is 3.84. The van der Waals surface area contributed by atoms with Crippen LogP contribution in [0.1, 0.15) is 29.0 Å². The Hall–Kier alpha value is -2.90. The molecule has 1 unspecified atom stereocenters. The summed E-state index contributed by atoms with van der Waals surface area (Å²) in [7, 11) is -1.70. The van der Waals surface area contributed by atoms with Crippen LogP contribution in [0.15, 0.2) is 81.7 Å². The van der Waals surface area contributed by atoms with Crippen LogP contribution in [0.25, 0.3) is 0 Å². The van der Waals surface area contributed by atoms with Crippen molar-refractivity contribution in [2.75, 3.05) is 6.26 Å². The molecule has 1 aromatic heterocycles. The second kappa shape index (κ2) is 8.85. The summed E-state index contributed by atoms with van der Waals surface area (Å²) in [6, 6.07) is 16.9. The van der Waals surface area contributed by atoms with Gasteiger partial charge in [-0.15, -0.1) is 0 Å². The van der Waals surface area contributed by atoms with Crippen LogP contribution in [0.5, 0.6) is 0 Å². The molecule has 0 bridgehead atoms. The minimum atomic E-state index is -3.32. The molecule has 0 radical (unpaired) electrons. The molecule has 3 rings (SSSR count). The molecule has 0 fully saturated rings. The molecule has 6 nitrogen and oxygen atoms in total. The summed E-state index contributed by atoms with van der Waals surface area (Å²) >= 11 is 6.45. The van der Waals surface area contributed by atoms with Gasteiger partial charge in [-0.25, -0.2) is 8.42 Å². The number of halogens is 1. The second-order valence-electron chi connectivity index (χ2n) is 7.03. The van der Waals surface area contributed by atoms with Gasteiger partial charge in [-0.1, -0.05) is 47.1 Å². The number of hydrogen-bond acceptors (Lipinski definition) is 5. The van der Waals surface area contributed by atoms with Gasteiger partial charge in [-0.2, -0.15) is 0 Å². The highest BCUT2D eigenvalue weighted by molar-refractivity contribution is 7.90. The summed E-state index contributed by atoms with van der Waals surface area (Å²) < 4.78 is 25.0. The Morgan fingerprint density at radius 3 is 2.33 bits per heavy atom. The van der Waals surface area contributed by atoms with Gasteiger partial charge in [0.2, 0.25) is 5.56 Å².